The summed E-state index contributed by atoms with van der Waals surface area (Å²) in [6.45, 7) is 5.05. The van der Waals surface area contributed by atoms with Crippen molar-refractivity contribution >= 4 is 12.4 Å². The van der Waals surface area contributed by atoms with Crippen molar-refractivity contribution < 1.29 is 4.74 Å². The van der Waals surface area contributed by atoms with Crippen LogP contribution < -0.4 is 5.32 Å². The molecule has 0 aliphatic carbocycles. The van der Waals surface area contributed by atoms with E-state index < -0.39 is 0 Å². The van der Waals surface area contributed by atoms with Crippen molar-refractivity contribution in [2.24, 2.45) is 0 Å². The lowest BCUT2D eigenvalue weighted by Gasteiger charge is -2.28. The Morgan fingerprint density at radius 2 is 2.20 bits per heavy atom. The normalized spacial score (nSPS) is 27.8. The highest BCUT2D eigenvalue weighted by Crippen LogP contribution is 2.34. The van der Waals surface area contributed by atoms with Crippen LogP contribution in [0.25, 0.3) is 0 Å². The molecule has 15 heavy (non-hydrogen) atoms. The first-order valence-electron chi connectivity index (χ1n) is 5.27. The molecule has 3 heteroatoms. The van der Waals surface area contributed by atoms with E-state index in [1.165, 1.54) is 16.7 Å². The minimum atomic E-state index is 0. The molecule has 2 heterocycles. The van der Waals surface area contributed by atoms with E-state index in [1.54, 1.807) is 0 Å². The van der Waals surface area contributed by atoms with Crippen LogP contribution in [0, 0.1) is 6.92 Å². The molecule has 0 unspecified atom stereocenters. The monoisotopic (exact) mass is 225 g/mol. The molecule has 0 saturated carbocycles. The molecule has 2 atom stereocenters. The standard InChI is InChI=1S/C12H15NO.ClH/c1-8-3-2-4-9-10-5-13-6-12(10)14-7-11(8)9;/h2-4,10,12-13H,5-7H2,1H3;1H/t10-,12-;/m1./s1. The van der Waals surface area contributed by atoms with Crippen LogP contribution in [0.1, 0.15) is 22.6 Å². The van der Waals surface area contributed by atoms with Crippen LogP contribution >= 0.6 is 12.4 Å². The Morgan fingerprint density at radius 1 is 1.33 bits per heavy atom. The predicted octanol–water partition coefficient (Wildman–Crippen LogP) is 2.00. The molecule has 82 valence electrons. The minimum Gasteiger partial charge on any atom is -0.372 e. The Balaban J connectivity index is 0.000000853. The van der Waals surface area contributed by atoms with Gasteiger partial charge in [-0.2, -0.15) is 0 Å². The maximum atomic E-state index is 5.85. The first kappa shape index (κ1) is 10.9. The Bertz CT molecular complexity index is 367. The van der Waals surface area contributed by atoms with E-state index in [-0.39, 0.29) is 12.4 Å². The minimum absolute atomic E-state index is 0. The zero-order valence-electron chi connectivity index (χ0n) is 8.82. The van der Waals surface area contributed by atoms with Crippen molar-refractivity contribution in [2.45, 2.75) is 25.6 Å². The number of hydrogen-bond acceptors (Lipinski definition) is 2. The van der Waals surface area contributed by atoms with Crippen LogP contribution in [0.4, 0.5) is 0 Å². The van der Waals surface area contributed by atoms with Gasteiger partial charge in [0.1, 0.15) is 0 Å². The number of halogens is 1. The van der Waals surface area contributed by atoms with Crippen molar-refractivity contribution in [3.8, 4) is 0 Å². The van der Waals surface area contributed by atoms with Crippen LogP contribution in [-0.2, 0) is 11.3 Å². The molecule has 3 rings (SSSR count). The van der Waals surface area contributed by atoms with Crippen LogP contribution in [-0.4, -0.2) is 19.2 Å². The number of benzene rings is 1. The number of hydrogen-bond donors (Lipinski definition) is 1. The lowest BCUT2D eigenvalue weighted by atomic mass is 9.87. The average Bonchev–Trinajstić information content (AvgIpc) is 2.66. The second-order valence-electron chi connectivity index (χ2n) is 4.26. The summed E-state index contributed by atoms with van der Waals surface area (Å²) in [6, 6.07) is 6.59. The second-order valence-corrected chi connectivity index (χ2v) is 4.26. The maximum Gasteiger partial charge on any atom is 0.0784 e. The lowest BCUT2D eigenvalue weighted by Crippen LogP contribution is -2.27. The summed E-state index contributed by atoms with van der Waals surface area (Å²) in [6.07, 6.45) is 0.407. The first-order chi connectivity index (χ1) is 6.86. The largest absolute Gasteiger partial charge is 0.372 e. The Hall–Kier alpha value is -0.570. The van der Waals surface area contributed by atoms with E-state index in [9.17, 15) is 0 Å². The second kappa shape index (κ2) is 4.12. The molecule has 0 radical (unpaired) electrons. The molecule has 2 nitrogen and oxygen atoms in total. The van der Waals surface area contributed by atoms with E-state index in [0.29, 0.717) is 12.0 Å². The molecule has 0 spiro atoms. The van der Waals surface area contributed by atoms with E-state index in [1.807, 2.05) is 0 Å². The first-order valence-corrected chi connectivity index (χ1v) is 5.27. The summed E-state index contributed by atoms with van der Waals surface area (Å²) in [5.74, 6) is 0.582. The van der Waals surface area contributed by atoms with Gasteiger partial charge >= 0.3 is 0 Å². The van der Waals surface area contributed by atoms with Gasteiger partial charge in [-0.1, -0.05) is 18.2 Å². The van der Waals surface area contributed by atoms with E-state index in [0.717, 1.165) is 19.7 Å². The third-order valence-electron chi connectivity index (χ3n) is 3.45. The SMILES string of the molecule is Cc1cccc2c1CO[C@@H]1CNC[C@H]21.Cl. The zero-order chi connectivity index (χ0) is 9.54. The number of ether oxygens (including phenoxy) is 1. The molecular formula is C12H16ClNO. The molecule has 0 bridgehead atoms. The van der Waals surface area contributed by atoms with Gasteiger partial charge in [0.15, 0.2) is 0 Å². The van der Waals surface area contributed by atoms with E-state index in [2.05, 4.69) is 30.4 Å². The third-order valence-corrected chi connectivity index (χ3v) is 3.45. The lowest BCUT2D eigenvalue weighted by molar-refractivity contribution is 0.0296. The van der Waals surface area contributed by atoms with Gasteiger partial charge in [0.25, 0.3) is 0 Å². The Kier molecular flexibility index (Phi) is 3.01. The van der Waals surface area contributed by atoms with Gasteiger partial charge in [0, 0.05) is 19.0 Å². The Labute approximate surface area is 96.4 Å². The van der Waals surface area contributed by atoms with Crippen molar-refractivity contribution in [2.75, 3.05) is 13.1 Å². The highest BCUT2D eigenvalue weighted by Gasteiger charge is 2.34. The molecular weight excluding hydrogens is 210 g/mol. The number of nitrogens with one attached hydrogen (secondary N) is 1. The molecule has 1 saturated heterocycles. The summed E-state index contributed by atoms with van der Waals surface area (Å²) in [4.78, 5) is 0. The van der Waals surface area contributed by atoms with Gasteiger partial charge in [0.2, 0.25) is 0 Å². The fourth-order valence-corrected chi connectivity index (χ4v) is 2.60. The average molecular weight is 226 g/mol. The van der Waals surface area contributed by atoms with Crippen LogP contribution in [0.15, 0.2) is 18.2 Å². The summed E-state index contributed by atoms with van der Waals surface area (Å²) < 4.78 is 5.85. The fraction of sp³-hybridized carbons (Fsp3) is 0.500. The summed E-state index contributed by atoms with van der Waals surface area (Å²) in [7, 11) is 0. The van der Waals surface area contributed by atoms with E-state index in [4.69, 9.17) is 4.74 Å². The number of rotatable bonds is 0. The molecule has 1 aromatic carbocycles. The molecule has 1 fully saturated rings. The molecule has 0 amide bonds. The summed E-state index contributed by atoms with van der Waals surface area (Å²) in [5.41, 5.74) is 4.29. The van der Waals surface area contributed by atoms with Gasteiger partial charge in [-0.25, -0.2) is 0 Å². The highest BCUT2D eigenvalue weighted by molar-refractivity contribution is 5.85. The van der Waals surface area contributed by atoms with Crippen LogP contribution in [0.2, 0.25) is 0 Å². The fourth-order valence-electron chi connectivity index (χ4n) is 2.60. The third kappa shape index (κ3) is 1.67. The van der Waals surface area contributed by atoms with E-state index >= 15 is 0 Å². The summed E-state index contributed by atoms with van der Waals surface area (Å²) in [5, 5.41) is 3.40. The van der Waals surface area contributed by atoms with Crippen molar-refractivity contribution in [1.82, 2.24) is 5.32 Å². The van der Waals surface area contributed by atoms with Gasteiger partial charge in [0.05, 0.1) is 12.7 Å². The van der Waals surface area contributed by atoms with Gasteiger partial charge in [-0.3, -0.25) is 0 Å². The Morgan fingerprint density at radius 3 is 3.07 bits per heavy atom. The molecule has 2 aliphatic heterocycles. The molecule has 1 N–H and O–H groups in total. The quantitative estimate of drug-likeness (QED) is 0.730. The summed E-state index contributed by atoms with van der Waals surface area (Å²) >= 11 is 0. The predicted molar refractivity (Wildman–Crippen MR) is 62.6 cm³/mol. The van der Waals surface area contributed by atoms with Crippen LogP contribution in [0.5, 0.6) is 0 Å². The van der Waals surface area contributed by atoms with Gasteiger partial charge in [-0.05, 0) is 23.6 Å². The van der Waals surface area contributed by atoms with Gasteiger partial charge < -0.3 is 10.1 Å². The van der Waals surface area contributed by atoms with Crippen molar-refractivity contribution in [3.05, 3.63) is 34.9 Å². The van der Waals surface area contributed by atoms with Crippen LogP contribution in [0.3, 0.4) is 0 Å². The maximum absolute atomic E-state index is 5.85. The smallest absolute Gasteiger partial charge is 0.0784 e. The van der Waals surface area contributed by atoms with Gasteiger partial charge in [-0.15, -0.1) is 12.4 Å². The number of fused-ring (bicyclic) bond motifs is 3. The zero-order valence-corrected chi connectivity index (χ0v) is 9.64. The highest BCUT2D eigenvalue weighted by atomic mass is 35.5. The molecule has 2 aliphatic rings. The molecule has 0 aromatic heterocycles. The molecule has 1 aromatic rings. The topological polar surface area (TPSA) is 21.3 Å². The van der Waals surface area contributed by atoms with Crippen molar-refractivity contribution in [3.63, 3.8) is 0 Å². The number of aryl methyl sites for hydroxylation is 1. The van der Waals surface area contributed by atoms with Crippen molar-refractivity contribution in [1.29, 1.82) is 0 Å².